The van der Waals surface area contributed by atoms with Crippen LogP contribution < -0.4 is 5.32 Å². The van der Waals surface area contributed by atoms with Crippen molar-refractivity contribution >= 4 is 33.5 Å². The van der Waals surface area contributed by atoms with Crippen LogP contribution in [0.25, 0.3) is 0 Å². The van der Waals surface area contributed by atoms with Gasteiger partial charge in [-0.1, -0.05) is 15.9 Å². The SMILES string of the molecule is O=C(O)c1cc(Br)ccc1NC(=O)C1CCCO1. The largest absolute Gasteiger partial charge is 0.478 e. The van der Waals surface area contributed by atoms with Gasteiger partial charge < -0.3 is 15.2 Å². The molecule has 96 valence electrons. The van der Waals surface area contributed by atoms with Gasteiger partial charge >= 0.3 is 5.97 Å². The van der Waals surface area contributed by atoms with Gasteiger partial charge in [0.15, 0.2) is 0 Å². The molecule has 1 fully saturated rings. The van der Waals surface area contributed by atoms with E-state index in [0.717, 1.165) is 6.42 Å². The van der Waals surface area contributed by atoms with Crippen LogP contribution in [-0.2, 0) is 9.53 Å². The smallest absolute Gasteiger partial charge is 0.337 e. The molecule has 6 heteroatoms. The summed E-state index contributed by atoms with van der Waals surface area (Å²) in [6.45, 7) is 0.574. The Hall–Kier alpha value is -1.40. The molecule has 0 radical (unpaired) electrons. The van der Waals surface area contributed by atoms with E-state index < -0.39 is 12.1 Å². The summed E-state index contributed by atoms with van der Waals surface area (Å²) in [4.78, 5) is 22.9. The monoisotopic (exact) mass is 313 g/mol. The highest BCUT2D eigenvalue weighted by Crippen LogP contribution is 2.22. The summed E-state index contributed by atoms with van der Waals surface area (Å²) in [5.41, 5.74) is 0.335. The van der Waals surface area contributed by atoms with Gasteiger partial charge in [-0.05, 0) is 31.0 Å². The maximum Gasteiger partial charge on any atom is 0.337 e. The Morgan fingerprint density at radius 3 is 2.83 bits per heavy atom. The van der Waals surface area contributed by atoms with Crippen LogP contribution in [0.4, 0.5) is 5.69 Å². The van der Waals surface area contributed by atoms with Crippen LogP contribution in [-0.4, -0.2) is 29.7 Å². The number of ether oxygens (including phenoxy) is 1. The average Bonchev–Trinajstić information content (AvgIpc) is 2.84. The lowest BCUT2D eigenvalue weighted by molar-refractivity contribution is -0.124. The summed E-state index contributed by atoms with van der Waals surface area (Å²) in [6.07, 6.45) is 1.05. The van der Waals surface area contributed by atoms with E-state index in [-0.39, 0.29) is 17.2 Å². The third-order valence-electron chi connectivity index (χ3n) is 2.69. The summed E-state index contributed by atoms with van der Waals surface area (Å²) in [5, 5.41) is 11.7. The molecule has 5 nitrogen and oxygen atoms in total. The molecule has 1 aliphatic heterocycles. The van der Waals surface area contributed by atoms with E-state index in [2.05, 4.69) is 21.2 Å². The molecular weight excluding hydrogens is 302 g/mol. The van der Waals surface area contributed by atoms with Crippen molar-refractivity contribution < 1.29 is 19.4 Å². The van der Waals surface area contributed by atoms with E-state index in [1.165, 1.54) is 6.07 Å². The number of anilines is 1. The Labute approximate surface area is 112 Å². The van der Waals surface area contributed by atoms with Crippen molar-refractivity contribution in [3.63, 3.8) is 0 Å². The number of aromatic carboxylic acids is 1. The first kappa shape index (κ1) is 13.0. The first-order valence-electron chi connectivity index (χ1n) is 5.53. The van der Waals surface area contributed by atoms with Gasteiger partial charge in [0, 0.05) is 11.1 Å². The number of benzene rings is 1. The maximum absolute atomic E-state index is 11.8. The first-order valence-corrected chi connectivity index (χ1v) is 6.32. The Kier molecular flexibility index (Phi) is 3.98. The quantitative estimate of drug-likeness (QED) is 0.897. The van der Waals surface area contributed by atoms with Crippen molar-refractivity contribution in [2.24, 2.45) is 0 Å². The highest BCUT2D eigenvalue weighted by molar-refractivity contribution is 9.10. The number of hydrogen-bond donors (Lipinski definition) is 2. The summed E-state index contributed by atoms with van der Waals surface area (Å²) in [5.74, 6) is -1.38. The van der Waals surface area contributed by atoms with Gasteiger partial charge in [-0.15, -0.1) is 0 Å². The second-order valence-electron chi connectivity index (χ2n) is 3.99. The van der Waals surface area contributed by atoms with Crippen LogP contribution in [0.1, 0.15) is 23.2 Å². The number of carbonyl (C=O) groups is 2. The van der Waals surface area contributed by atoms with Crippen LogP contribution in [0.2, 0.25) is 0 Å². The molecule has 2 rings (SSSR count). The van der Waals surface area contributed by atoms with Crippen LogP contribution in [0.15, 0.2) is 22.7 Å². The molecule has 1 saturated heterocycles. The van der Waals surface area contributed by atoms with Gasteiger partial charge in [0.05, 0.1) is 11.3 Å². The molecule has 1 aromatic rings. The first-order chi connectivity index (χ1) is 8.58. The standard InChI is InChI=1S/C12H12BrNO4/c13-7-3-4-9(8(6-7)12(16)17)14-11(15)10-2-1-5-18-10/h3-4,6,10H,1-2,5H2,(H,14,15)(H,16,17). The van der Waals surface area contributed by atoms with Crippen molar-refractivity contribution in [3.05, 3.63) is 28.2 Å². The molecule has 1 aliphatic rings. The lowest BCUT2D eigenvalue weighted by atomic mass is 10.1. The van der Waals surface area contributed by atoms with E-state index in [9.17, 15) is 9.59 Å². The fourth-order valence-electron chi connectivity index (χ4n) is 1.80. The maximum atomic E-state index is 11.8. The number of amides is 1. The molecule has 0 saturated carbocycles. The Morgan fingerprint density at radius 1 is 1.44 bits per heavy atom. The van der Waals surface area contributed by atoms with Crippen molar-refractivity contribution in [1.29, 1.82) is 0 Å². The Bertz CT molecular complexity index is 483. The third kappa shape index (κ3) is 2.88. The molecule has 2 N–H and O–H groups in total. The fourth-order valence-corrected chi connectivity index (χ4v) is 2.16. The number of carbonyl (C=O) groups excluding carboxylic acids is 1. The van der Waals surface area contributed by atoms with Crippen LogP contribution >= 0.6 is 15.9 Å². The second kappa shape index (κ2) is 5.49. The van der Waals surface area contributed by atoms with Gasteiger partial charge in [-0.3, -0.25) is 4.79 Å². The molecule has 0 bridgehead atoms. The minimum absolute atomic E-state index is 0.0516. The number of carboxylic acids is 1. The molecule has 1 heterocycles. The average molecular weight is 314 g/mol. The fraction of sp³-hybridized carbons (Fsp3) is 0.333. The highest BCUT2D eigenvalue weighted by atomic mass is 79.9. The zero-order valence-corrected chi connectivity index (χ0v) is 11.1. The van der Waals surface area contributed by atoms with Crippen LogP contribution in [0.5, 0.6) is 0 Å². The minimum atomic E-state index is -1.08. The molecule has 1 unspecified atom stereocenters. The molecule has 1 aromatic carbocycles. The van der Waals surface area contributed by atoms with Gasteiger partial charge in [0.1, 0.15) is 6.10 Å². The van der Waals surface area contributed by atoms with Crippen molar-refractivity contribution in [2.45, 2.75) is 18.9 Å². The van der Waals surface area contributed by atoms with E-state index in [4.69, 9.17) is 9.84 Å². The van der Waals surface area contributed by atoms with E-state index in [0.29, 0.717) is 17.5 Å². The van der Waals surface area contributed by atoms with Crippen LogP contribution in [0.3, 0.4) is 0 Å². The minimum Gasteiger partial charge on any atom is -0.478 e. The number of rotatable bonds is 3. The molecular formula is C12H12BrNO4. The second-order valence-corrected chi connectivity index (χ2v) is 4.90. The normalized spacial score (nSPS) is 18.6. The van der Waals surface area contributed by atoms with Crippen molar-refractivity contribution in [3.8, 4) is 0 Å². The van der Waals surface area contributed by atoms with Gasteiger partial charge in [0.25, 0.3) is 5.91 Å². The zero-order valence-electron chi connectivity index (χ0n) is 9.48. The third-order valence-corrected chi connectivity index (χ3v) is 3.19. The molecule has 0 spiro atoms. The lowest BCUT2D eigenvalue weighted by Crippen LogP contribution is -2.27. The van der Waals surface area contributed by atoms with Crippen molar-refractivity contribution in [2.75, 3.05) is 11.9 Å². The highest BCUT2D eigenvalue weighted by Gasteiger charge is 2.24. The molecule has 0 aliphatic carbocycles. The van der Waals surface area contributed by atoms with Gasteiger partial charge in [-0.25, -0.2) is 4.79 Å². The predicted molar refractivity (Wildman–Crippen MR) is 68.7 cm³/mol. The Morgan fingerprint density at radius 2 is 2.22 bits per heavy atom. The summed E-state index contributed by atoms with van der Waals surface area (Å²) < 4.78 is 5.89. The molecule has 0 aromatic heterocycles. The predicted octanol–water partition coefficient (Wildman–Crippen LogP) is 2.26. The van der Waals surface area contributed by atoms with E-state index >= 15 is 0 Å². The summed E-state index contributed by atoms with van der Waals surface area (Å²) >= 11 is 3.20. The topological polar surface area (TPSA) is 75.6 Å². The lowest BCUT2D eigenvalue weighted by Gasteiger charge is -2.12. The van der Waals surface area contributed by atoms with E-state index in [1.807, 2.05) is 0 Å². The zero-order chi connectivity index (χ0) is 13.1. The van der Waals surface area contributed by atoms with Gasteiger partial charge in [-0.2, -0.15) is 0 Å². The van der Waals surface area contributed by atoms with Crippen LogP contribution in [0, 0.1) is 0 Å². The summed E-state index contributed by atoms with van der Waals surface area (Å²) in [7, 11) is 0. The molecule has 1 atom stereocenters. The molecule has 18 heavy (non-hydrogen) atoms. The number of carboxylic acid groups (broad SMARTS) is 1. The van der Waals surface area contributed by atoms with Crippen molar-refractivity contribution in [1.82, 2.24) is 0 Å². The molecule has 1 amide bonds. The Balaban J connectivity index is 2.17. The number of halogens is 1. The van der Waals surface area contributed by atoms with E-state index in [1.54, 1.807) is 12.1 Å². The number of hydrogen-bond acceptors (Lipinski definition) is 3. The number of nitrogens with one attached hydrogen (secondary N) is 1. The summed E-state index contributed by atoms with van der Waals surface area (Å²) in [6, 6.07) is 4.69. The van der Waals surface area contributed by atoms with Gasteiger partial charge in [0.2, 0.25) is 0 Å².